The molecule has 0 aliphatic heterocycles. The number of carbonyl (C=O) groups excluding carboxylic acids is 1. The van der Waals surface area contributed by atoms with Crippen LogP contribution >= 0.6 is 11.3 Å². The summed E-state index contributed by atoms with van der Waals surface area (Å²) in [6.45, 7) is 2.06. The SMILES string of the molecule is CC#CCNC(=O)c1sc2cccnc2c1N. The third-order valence-electron chi connectivity index (χ3n) is 2.20. The number of anilines is 1. The Kier molecular flexibility index (Phi) is 3.26. The standard InChI is InChI=1S/C12H11N3OS/c1-2-3-6-15-12(16)11-9(13)10-8(17-11)5-4-7-14-10/h4-5,7H,6,13H2,1H3,(H,15,16). The molecule has 2 aromatic heterocycles. The molecule has 2 aromatic rings. The molecule has 17 heavy (non-hydrogen) atoms. The summed E-state index contributed by atoms with van der Waals surface area (Å²) >= 11 is 1.34. The lowest BCUT2D eigenvalue weighted by Crippen LogP contribution is -2.23. The quantitative estimate of drug-likeness (QED) is 0.790. The van der Waals surface area contributed by atoms with Crippen LogP contribution in [0.25, 0.3) is 10.2 Å². The van der Waals surface area contributed by atoms with Crippen LogP contribution in [0.15, 0.2) is 18.3 Å². The molecule has 0 aromatic carbocycles. The first-order valence-electron chi connectivity index (χ1n) is 5.05. The van der Waals surface area contributed by atoms with E-state index in [1.165, 1.54) is 11.3 Å². The number of thiophene rings is 1. The molecular weight excluding hydrogens is 234 g/mol. The molecule has 0 radical (unpaired) electrons. The van der Waals surface area contributed by atoms with Crippen molar-refractivity contribution >= 4 is 33.1 Å². The van der Waals surface area contributed by atoms with Gasteiger partial charge in [-0.3, -0.25) is 9.78 Å². The number of nitrogen functional groups attached to an aromatic ring is 1. The molecule has 0 unspecified atom stereocenters. The summed E-state index contributed by atoms with van der Waals surface area (Å²) < 4.78 is 0.914. The van der Waals surface area contributed by atoms with E-state index in [4.69, 9.17) is 5.73 Å². The molecule has 4 nitrogen and oxygen atoms in total. The number of pyridine rings is 1. The maximum Gasteiger partial charge on any atom is 0.264 e. The smallest absolute Gasteiger partial charge is 0.264 e. The van der Waals surface area contributed by atoms with Crippen molar-refractivity contribution in [3.63, 3.8) is 0 Å². The normalized spacial score (nSPS) is 9.71. The second-order valence-electron chi connectivity index (χ2n) is 3.30. The largest absolute Gasteiger partial charge is 0.396 e. The van der Waals surface area contributed by atoms with Crippen LogP contribution in [0, 0.1) is 11.8 Å². The number of nitrogens with two attached hydrogens (primary N) is 1. The second-order valence-corrected chi connectivity index (χ2v) is 4.36. The van der Waals surface area contributed by atoms with Crippen molar-refractivity contribution in [2.24, 2.45) is 0 Å². The predicted molar refractivity (Wildman–Crippen MR) is 69.8 cm³/mol. The Labute approximate surface area is 103 Å². The van der Waals surface area contributed by atoms with Gasteiger partial charge in [0.25, 0.3) is 5.91 Å². The third-order valence-corrected chi connectivity index (χ3v) is 3.36. The van der Waals surface area contributed by atoms with Crippen LogP contribution in [0.2, 0.25) is 0 Å². The lowest BCUT2D eigenvalue weighted by molar-refractivity contribution is 0.0963. The fourth-order valence-electron chi connectivity index (χ4n) is 1.41. The molecule has 5 heteroatoms. The summed E-state index contributed by atoms with van der Waals surface area (Å²) in [4.78, 5) is 16.5. The predicted octanol–water partition coefficient (Wildman–Crippen LogP) is 1.63. The monoisotopic (exact) mass is 245 g/mol. The minimum atomic E-state index is -0.201. The van der Waals surface area contributed by atoms with E-state index in [0.29, 0.717) is 22.6 Å². The van der Waals surface area contributed by atoms with Gasteiger partial charge in [0, 0.05) is 6.20 Å². The molecule has 0 spiro atoms. The molecular formula is C12H11N3OS. The molecule has 0 saturated carbocycles. The van der Waals surface area contributed by atoms with Crippen molar-refractivity contribution in [1.29, 1.82) is 0 Å². The molecule has 1 amide bonds. The number of nitrogens with one attached hydrogen (secondary N) is 1. The Morgan fingerprint density at radius 1 is 1.65 bits per heavy atom. The van der Waals surface area contributed by atoms with E-state index in [2.05, 4.69) is 22.1 Å². The van der Waals surface area contributed by atoms with Gasteiger partial charge in [0.2, 0.25) is 0 Å². The van der Waals surface area contributed by atoms with Gasteiger partial charge in [0.15, 0.2) is 0 Å². The Morgan fingerprint density at radius 2 is 2.47 bits per heavy atom. The zero-order valence-corrected chi connectivity index (χ0v) is 10.1. The van der Waals surface area contributed by atoms with Gasteiger partial charge in [-0.1, -0.05) is 5.92 Å². The van der Waals surface area contributed by atoms with Crippen molar-refractivity contribution in [2.45, 2.75) is 6.92 Å². The molecule has 2 heterocycles. The van der Waals surface area contributed by atoms with Gasteiger partial charge in [-0.05, 0) is 19.1 Å². The van der Waals surface area contributed by atoms with Crippen molar-refractivity contribution < 1.29 is 4.79 Å². The molecule has 86 valence electrons. The summed E-state index contributed by atoms with van der Waals surface area (Å²) in [5.74, 6) is 5.28. The zero-order valence-electron chi connectivity index (χ0n) is 9.28. The first-order valence-corrected chi connectivity index (χ1v) is 5.86. The van der Waals surface area contributed by atoms with Gasteiger partial charge in [-0.25, -0.2) is 0 Å². The highest BCUT2D eigenvalue weighted by molar-refractivity contribution is 7.21. The fourth-order valence-corrected chi connectivity index (χ4v) is 2.41. The number of carbonyl (C=O) groups is 1. The van der Waals surface area contributed by atoms with Gasteiger partial charge < -0.3 is 11.1 Å². The first-order chi connectivity index (χ1) is 8.24. The summed E-state index contributed by atoms with van der Waals surface area (Å²) in [5, 5.41) is 2.69. The van der Waals surface area contributed by atoms with Gasteiger partial charge in [0.1, 0.15) is 10.4 Å². The van der Waals surface area contributed by atoms with Gasteiger partial charge in [0.05, 0.1) is 16.9 Å². The van der Waals surface area contributed by atoms with Crippen molar-refractivity contribution in [3.05, 3.63) is 23.2 Å². The van der Waals surface area contributed by atoms with Crippen molar-refractivity contribution in [2.75, 3.05) is 12.3 Å². The Hall–Kier alpha value is -2.06. The van der Waals surface area contributed by atoms with Crippen LogP contribution in [-0.2, 0) is 0 Å². The summed E-state index contributed by atoms with van der Waals surface area (Å²) in [6, 6.07) is 3.72. The van der Waals surface area contributed by atoms with Crippen LogP contribution in [0.1, 0.15) is 16.6 Å². The topological polar surface area (TPSA) is 68.0 Å². The number of nitrogens with zero attached hydrogens (tertiary/aromatic N) is 1. The minimum absolute atomic E-state index is 0.201. The molecule has 0 aliphatic rings. The molecule has 0 saturated heterocycles. The van der Waals surface area contributed by atoms with Crippen molar-refractivity contribution in [3.8, 4) is 11.8 Å². The fraction of sp³-hybridized carbons (Fsp3) is 0.167. The van der Waals surface area contributed by atoms with Gasteiger partial charge >= 0.3 is 0 Å². The maximum absolute atomic E-state index is 11.8. The van der Waals surface area contributed by atoms with Crippen LogP contribution in [-0.4, -0.2) is 17.4 Å². The van der Waals surface area contributed by atoms with E-state index in [1.54, 1.807) is 13.1 Å². The summed E-state index contributed by atoms with van der Waals surface area (Å²) in [5.41, 5.74) is 7.02. The van der Waals surface area contributed by atoms with E-state index in [0.717, 1.165) is 4.70 Å². The number of rotatable bonds is 2. The molecule has 2 rings (SSSR count). The zero-order chi connectivity index (χ0) is 12.3. The van der Waals surface area contributed by atoms with Crippen LogP contribution in [0.3, 0.4) is 0 Å². The molecule has 0 bridgehead atoms. The average molecular weight is 245 g/mol. The van der Waals surface area contributed by atoms with E-state index in [9.17, 15) is 4.79 Å². The van der Waals surface area contributed by atoms with Gasteiger partial charge in [-0.2, -0.15) is 0 Å². The minimum Gasteiger partial charge on any atom is -0.396 e. The number of amides is 1. The summed E-state index contributed by atoms with van der Waals surface area (Å²) in [7, 11) is 0. The Morgan fingerprint density at radius 3 is 3.18 bits per heavy atom. The van der Waals surface area contributed by atoms with E-state index in [-0.39, 0.29) is 5.91 Å². The molecule has 0 atom stereocenters. The highest BCUT2D eigenvalue weighted by Crippen LogP contribution is 2.31. The number of hydrogen-bond acceptors (Lipinski definition) is 4. The molecule has 3 N–H and O–H groups in total. The number of fused-ring (bicyclic) bond motifs is 1. The number of hydrogen-bond donors (Lipinski definition) is 2. The van der Waals surface area contributed by atoms with Crippen LogP contribution < -0.4 is 11.1 Å². The second kappa shape index (κ2) is 4.85. The van der Waals surface area contributed by atoms with E-state index >= 15 is 0 Å². The Balaban J connectivity index is 2.31. The first kappa shape index (κ1) is 11.4. The number of aromatic nitrogens is 1. The van der Waals surface area contributed by atoms with Crippen molar-refractivity contribution in [1.82, 2.24) is 10.3 Å². The van der Waals surface area contributed by atoms with E-state index < -0.39 is 0 Å². The van der Waals surface area contributed by atoms with Crippen LogP contribution in [0.4, 0.5) is 5.69 Å². The lowest BCUT2D eigenvalue weighted by Gasteiger charge is -1.98. The van der Waals surface area contributed by atoms with Gasteiger partial charge in [-0.15, -0.1) is 17.3 Å². The maximum atomic E-state index is 11.8. The highest BCUT2D eigenvalue weighted by Gasteiger charge is 2.16. The molecule has 0 fully saturated rings. The Bertz CT molecular complexity index is 621. The summed E-state index contributed by atoms with van der Waals surface area (Å²) in [6.07, 6.45) is 1.66. The lowest BCUT2D eigenvalue weighted by atomic mass is 10.3. The third kappa shape index (κ3) is 2.22. The highest BCUT2D eigenvalue weighted by atomic mass is 32.1. The van der Waals surface area contributed by atoms with E-state index in [1.807, 2.05) is 12.1 Å². The van der Waals surface area contributed by atoms with Crippen LogP contribution in [0.5, 0.6) is 0 Å². The molecule has 0 aliphatic carbocycles. The average Bonchev–Trinajstić information content (AvgIpc) is 2.68.